The highest BCUT2D eigenvalue weighted by Crippen LogP contribution is 2.29. The number of nitrogens with zero attached hydrogens (tertiary/aromatic N) is 6. The van der Waals surface area contributed by atoms with E-state index in [1.54, 1.807) is 6.33 Å². The highest BCUT2D eigenvalue weighted by Gasteiger charge is 2.30. The molecule has 3 aliphatic heterocycles. The van der Waals surface area contributed by atoms with Gasteiger partial charge in [-0.05, 0) is 75.6 Å². The highest BCUT2D eigenvalue weighted by molar-refractivity contribution is 5.85. The second-order valence-corrected chi connectivity index (χ2v) is 11.5. The highest BCUT2D eigenvalue weighted by atomic mass is 16.1. The van der Waals surface area contributed by atoms with Crippen LogP contribution >= 0.6 is 0 Å². The molecule has 0 spiro atoms. The maximum atomic E-state index is 13.2. The third-order valence-electron chi connectivity index (χ3n) is 8.89. The number of rotatable bonds is 6. The summed E-state index contributed by atoms with van der Waals surface area (Å²) in [6.07, 6.45) is 10.5. The lowest BCUT2D eigenvalue weighted by atomic mass is 9.94. The Morgan fingerprint density at radius 3 is 2.74 bits per heavy atom. The Labute approximate surface area is 225 Å². The predicted octanol–water partition coefficient (Wildman–Crippen LogP) is 4.11. The molecular weight excluding hydrogens is 474 g/mol. The second kappa shape index (κ2) is 11.4. The zero-order chi connectivity index (χ0) is 25.9. The summed E-state index contributed by atoms with van der Waals surface area (Å²) in [4.78, 5) is 32.3. The lowest BCUT2D eigenvalue weighted by Gasteiger charge is -2.34. The fourth-order valence-electron chi connectivity index (χ4n) is 6.51. The maximum absolute atomic E-state index is 13.2. The monoisotopic (exact) mass is 515 g/mol. The number of hydrogen-bond donors (Lipinski definition) is 1. The van der Waals surface area contributed by atoms with Gasteiger partial charge in [0.1, 0.15) is 12.2 Å². The first-order valence-electron chi connectivity index (χ1n) is 14.7. The molecule has 2 fully saturated rings. The van der Waals surface area contributed by atoms with Crippen molar-refractivity contribution in [2.45, 2.75) is 71.4 Å². The number of likely N-dealkylation sites (tertiary alicyclic amines) is 1. The van der Waals surface area contributed by atoms with Crippen LogP contribution < -0.4 is 10.2 Å². The summed E-state index contributed by atoms with van der Waals surface area (Å²) in [5, 5.41) is 3.32. The van der Waals surface area contributed by atoms with Crippen molar-refractivity contribution in [2.24, 2.45) is 11.8 Å². The average Bonchev–Trinajstić information content (AvgIpc) is 3.14. The molecule has 202 valence electrons. The summed E-state index contributed by atoms with van der Waals surface area (Å²) in [6, 6.07) is 8.68. The molecule has 8 heteroatoms. The van der Waals surface area contributed by atoms with Gasteiger partial charge in [0, 0.05) is 39.1 Å². The molecule has 6 rings (SSSR count). The molecule has 0 unspecified atom stereocenters. The van der Waals surface area contributed by atoms with Crippen molar-refractivity contribution >= 4 is 22.9 Å². The van der Waals surface area contributed by atoms with Crippen LogP contribution in [0.15, 0.2) is 30.6 Å². The number of hydrogen-bond acceptors (Lipinski definition) is 6. The molecule has 8 nitrogen and oxygen atoms in total. The number of carbonyl (C=O) groups excluding carboxylic acids is 1. The number of fused-ring (bicyclic) bond motifs is 3. The van der Waals surface area contributed by atoms with E-state index in [0.29, 0.717) is 12.5 Å². The average molecular weight is 516 g/mol. The summed E-state index contributed by atoms with van der Waals surface area (Å²) >= 11 is 0. The Bertz CT molecular complexity index is 1260. The number of benzene rings is 1. The summed E-state index contributed by atoms with van der Waals surface area (Å²) < 4.78 is 2.29. The van der Waals surface area contributed by atoms with Gasteiger partial charge < -0.3 is 14.8 Å². The molecule has 0 radical (unpaired) electrons. The van der Waals surface area contributed by atoms with E-state index in [1.165, 1.54) is 30.4 Å². The number of anilines is 1. The number of carbonyl (C=O) groups is 1. The maximum Gasteiger partial charge on any atom is 0.224 e. The van der Waals surface area contributed by atoms with Crippen molar-refractivity contribution in [1.82, 2.24) is 29.7 Å². The lowest BCUT2D eigenvalue weighted by Crippen LogP contribution is -2.45. The van der Waals surface area contributed by atoms with Gasteiger partial charge in [-0.25, -0.2) is 15.0 Å². The van der Waals surface area contributed by atoms with E-state index < -0.39 is 0 Å². The zero-order valence-corrected chi connectivity index (χ0v) is 22.7. The largest absolute Gasteiger partial charge is 0.356 e. The van der Waals surface area contributed by atoms with Crippen LogP contribution in [-0.4, -0.2) is 63.0 Å². The van der Waals surface area contributed by atoms with Crippen LogP contribution in [0.3, 0.4) is 0 Å². The molecule has 3 aliphatic rings. The zero-order valence-electron chi connectivity index (χ0n) is 22.7. The third-order valence-corrected chi connectivity index (χ3v) is 8.89. The Morgan fingerprint density at radius 1 is 1.00 bits per heavy atom. The van der Waals surface area contributed by atoms with Crippen molar-refractivity contribution in [1.29, 1.82) is 0 Å². The van der Waals surface area contributed by atoms with Gasteiger partial charge in [-0.1, -0.05) is 30.7 Å². The minimum atomic E-state index is -0.00431. The first kappa shape index (κ1) is 25.3. The molecule has 1 amide bonds. The van der Waals surface area contributed by atoms with Crippen molar-refractivity contribution in [3.8, 4) is 0 Å². The Balaban J connectivity index is 1.03. The number of piperidine rings is 2. The molecule has 2 aromatic heterocycles. The smallest absolute Gasteiger partial charge is 0.224 e. The van der Waals surface area contributed by atoms with Crippen molar-refractivity contribution in [3.63, 3.8) is 0 Å². The predicted molar refractivity (Wildman–Crippen MR) is 150 cm³/mol. The van der Waals surface area contributed by atoms with E-state index in [1.807, 2.05) is 0 Å². The summed E-state index contributed by atoms with van der Waals surface area (Å²) in [7, 11) is 0. The number of nitrogens with one attached hydrogen (secondary N) is 1. The van der Waals surface area contributed by atoms with Crippen LogP contribution in [0.1, 0.15) is 61.9 Å². The minimum Gasteiger partial charge on any atom is -0.356 e. The van der Waals surface area contributed by atoms with Gasteiger partial charge >= 0.3 is 0 Å². The number of aryl methyl sites for hydroxylation is 3. The van der Waals surface area contributed by atoms with Crippen LogP contribution in [-0.2, 0) is 24.3 Å². The first-order chi connectivity index (χ1) is 18.7. The van der Waals surface area contributed by atoms with E-state index in [0.717, 1.165) is 94.2 Å². The normalized spacial score (nSPS) is 21.3. The molecular formula is C30H41N7O. The SMILES string of the molecule is Cc1ccccc1CN1CCC(CNC(=O)[C@@H]2CCCN(c3ncnc4c3nc3n4CCCCC3)C2)CC1. The van der Waals surface area contributed by atoms with Crippen molar-refractivity contribution in [2.75, 3.05) is 37.6 Å². The molecule has 2 saturated heterocycles. The Kier molecular flexibility index (Phi) is 7.58. The summed E-state index contributed by atoms with van der Waals surface area (Å²) in [5.41, 5.74) is 4.65. The van der Waals surface area contributed by atoms with Gasteiger partial charge in [-0.15, -0.1) is 0 Å². The van der Waals surface area contributed by atoms with Gasteiger partial charge in [0.05, 0.1) is 5.92 Å². The van der Waals surface area contributed by atoms with E-state index in [9.17, 15) is 4.79 Å². The van der Waals surface area contributed by atoms with Crippen LogP contribution in [0.5, 0.6) is 0 Å². The number of aromatic nitrogens is 4. The molecule has 0 bridgehead atoms. The molecule has 0 saturated carbocycles. The molecule has 1 atom stereocenters. The topological polar surface area (TPSA) is 79.2 Å². The quantitative estimate of drug-likeness (QED) is 0.532. The molecule has 3 aromatic rings. The molecule has 1 aromatic carbocycles. The molecule has 38 heavy (non-hydrogen) atoms. The van der Waals surface area contributed by atoms with Crippen LogP contribution in [0.2, 0.25) is 0 Å². The van der Waals surface area contributed by atoms with Gasteiger partial charge in [0.25, 0.3) is 0 Å². The van der Waals surface area contributed by atoms with Crippen molar-refractivity contribution in [3.05, 3.63) is 47.5 Å². The minimum absolute atomic E-state index is 0.00431. The summed E-state index contributed by atoms with van der Waals surface area (Å²) in [6.45, 7) is 8.82. The van der Waals surface area contributed by atoms with E-state index in [2.05, 4.69) is 60.8 Å². The van der Waals surface area contributed by atoms with Gasteiger partial charge in [-0.2, -0.15) is 0 Å². The Morgan fingerprint density at radius 2 is 1.87 bits per heavy atom. The van der Waals surface area contributed by atoms with Gasteiger partial charge in [0.15, 0.2) is 17.0 Å². The number of amides is 1. The van der Waals surface area contributed by atoms with Gasteiger partial charge in [-0.3, -0.25) is 9.69 Å². The van der Waals surface area contributed by atoms with Crippen LogP contribution in [0, 0.1) is 18.8 Å². The molecule has 0 aliphatic carbocycles. The van der Waals surface area contributed by atoms with E-state index >= 15 is 0 Å². The lowest BCUT2D eigenvalue weighted by molar-refractivity contribution is -0.125. The first-order valence-corrected chi connectivity index (χ1v) is 14.7. The standard InChI is InChI=1S/C30H41N7O/c1-22-8-4-5-9-24(22)19-35-16-12-23(13-17-35)18-31-30(38)25-10-7-14-36(20-25)28-27-29(33-21-32-28)37-15-6-2-3-11-26(37)34-27/h4-5,8-9,21,23,25H,2-3,6-7,10-20H2,1H3,(H,31,38)/t25-/m1/s1. The molecule has 1 N–H and O–H groups in total. The summed E-state index contributed by atoms with van der Waals surface area (Å²) in [5.74, 6) is 2.79. The fourth-order valence-corrected chi connectivity index (χ4v) is 6.51. The second-order valence-electron chi connectivity index (χ2n) is 11.5. The van der Waals surface area contributed by atoms with Crippen LogP contribution in [0.4, 0.5) is 5.82 Å². The van der Waals surface area contributed by atoms with E-state index in [-0.39, 0.29) is 11.8 Å². The fraction of sp³-hybridized carbons (Fsp3) is 0.600. The number of imidazole rings is 1. The van der Waals surface area contributed by atoms with Crippen molar-refractivity contribution < 1.29 is 4.79 Å². The molecule has 5 heterocycles. The van der Waals surface area contributed by atoms with E-state index in [4.69, 9.17) is 4.98 Å². The Hall–Kier alpha value is -3.00. The van der Waals surface area contributed by atoms with Gasteiger partial charge in [0.2, 0.25) is 5.91 Å². The third kappa shape index (κ3) is 5.41. The van der Waals surface area contributed by atoms with Crippen LogP contribution in [0.25, 0.3) is 11.2 Å².